The lowest BCUT2D eigenvalue weighted by Crippen LogP contribution is -1.96. The van der Waals surface area contributed by atoms with E-state index in [1.165, 1.54) is 11.6 Å². The van der Waals surface area contributed by atoms with Gasteiger partial charge in [-0.3, -0.25) is 0 Å². The number of aliphatic hydroxyl groups is 1. The van der Waals surface area contributed by atoms with Gasteiger partial charge in [0.05, 0.1) is 5.76 Å². The molecule has 1 saturated carbocycles. The van der Waals surface area contributed by atoms with Crippen LogP contribution in [0, 0.1) is 6.01 Å². The average molecular weight is 311 g/mol. The van der Waals surface area contributed by atoms with Crippen molar-refractivity contribution in [2.24, 2.45) is 0 Å². The third-order valence-electron chi connectivity index (χ3n) is 4.51. The van der Waals surface area contributed by atoms with E-state index in [4.69, 9.17) is 4.42 Å². The zero-order valence-corrected chi connectivity index (χ0v) is 12.9. The topological polar surface area (TPSA) is 49.2 Å². The van der Waals surface area contributed by atoms with Crippen LogP contribution in [-0.4, -0.2) is 10.1 Å². The highest BCUT2D eigenvalue weighted by atomic mass is 19.1. The minimum atomic E-state index is -0.585. The van der Waals surface area contributed by atoms with Crippen molar-refractivity contribution in [2.45, 2.75) is 32.1 Å². The molecule has 4 rings (SSSR count). The van der Waals surface area contributed by atoms with Gasteiger partial charge in [0.2, 0.25) is 0 Å². The number of rotatable bonds is 4. The molecule has 3 nitrogen and oxygen atoms in total. The first-order valence-corrected chi connectivity index (χ1v) is 7.89. The quantitative estimate of drug-likeness (QED) is 0.610. The molecule has 0 spiro atoms. The van der Waals surface area contributed by atoms with E-state index >= 15 is 0 Å². The van der Waals surface area contributed by atoms with E-state index < -0.39 is 6.01 Å². The smallest absolute Gasteiger partial charge is 0.278 e. The second-order valence-electron chi connectivity index (χ2n) is 6.23. The van der Waals surface area contributed by atoms with Crippen LogP contribution in [0.25, 0.3) is 22.2 Å². The van der Waals surface area contributed by atoms with E-state index in [1.807, 2.05) is 24.4 Å². The van der Waals surface area contributed by atoms with Crippen molar-refractivity contribution >= 4 is 10.9 Å². The number of H-pyrrole nitrogens is 1. The Kier molecular flexibility index (Phi) is 3.26. The molecule has 1 atom stereocenters. The van der Waals surface area contributed by atoms with E-state index in [1.54, 1.807) is 6.07 Å². The number of aliphatic hydroxyl groups excluding tert-OH is 1. The molecular formula is C19H18FNO2. The maximum Gasteiger partial charge on any atom is 0.278 e. The van der Waals surface area contributed by atoms with Crippen molar-refractivity contribution in [3.8, 4) is 11.3 Å². The van der Waals surface area contributed by atoms with Crippen LogP contribution in [0.15, 0.2) is 52.3 Å². The Morgan fingerprint density at radius 1 is 1.30 bits per heavy atom. The predicted molar refractivity (Wildman–Crippen MR) is 87.9 cm³/mol. The normalized spacial score (nSPS) is 15.1. The van der Waals surface area contributed by atoms with Crippen LogP contribution in [0.2, 0.25) is 0 Å². The van der Waals surface area contributed by atoms with Gasteiger partial charge in [0.25, 0.3) is 6.01 Å². The first-order valence-electron chi connectivity index (χ1n) is 7.89. The number of benzene rings is 1. The Labute approximate surface area is 133 Å². The fourth-order valence-corrected chi connectivity index (χ4v) is 3.16. The standard InChI is InChI=1S/C19H18FNO2/c1-11(9-16(22)12-5-6-12)14-10-21-15-4-2-3-13(19(14)15)17-7-8-18(20)23-17/h2-4,7-8,10-11,21-22H,5-6,9H2,1H3. The number of hydrogen-bond donors (Lipinski definition) is 2. The van der Waals surface area contributed by atoms with Crippen LogP contribution < -0.4 is 0 Å². The molecule has 1 fully saturated rings. The average Bonchev–Trinajstić information content (AvgIpc) is 3.16. The Bertz CT molecular complexity index is 897. The molecule has 1 aromatic carbocycles. The van der Waals surface area contributed by atoms with E-state index in [0.29, 0.717) is 17.9 Å². The Morgan fingerprint density at radius 2 is 2.13 bits per heavy atom. The summed E-state index contributed by atoms with van der Waals surface area (Å²) in [6.45, 7) is 2.10. The molecule has 0 radical (unpaired) electrons. The number of aromatic nitrogens is 1. The third-order valence-corrected chi connectivity index (χ3v) is 4.51. The van der Waals surface area contributed by atoms with E-state index in [9.17, 15) is 9.50 Å². The van der Waals surface area contributed by atoms with Gasteiger partial charge in [-0.2, -0.15) is 4.39 Å². The predicted octanol–water partition coefficient (Wildman–Crippen LogP) is 5.67. The number of halogens is 1. The van der Waals surface area contributed by atoms with Crippen molar-refractivity contribution in [3.63, 3.8) is 0 Å². The molecular weight excluding hydrogens is 293 g/mol. The number of nitrogens with one attached hydrogen (secondary N) is 1. The van der Waals surface area contributed by atoms with Gasteiger partial charge in [0.15, 0.2) is 0 Å². The molecule has 0 aliphatic heterocycles. The summed E-state index contributed by atoms with van der Waals surface area (Å²) in [7, 11) is 0. The van der Waals surface area contributed by atoms with E-state index in [-0.39, 0.29) is 5.92 Å². The van der Waals surface area contributed by atoms with Gasteiger partial charge in [-0.15, -0.1) is 0 Å². The highest BCUT2D eigenvalue weighted by Crippen LogP contribution is 2.39. The maximum absolute atomic E-state index is 13.3. The van der Waals surface area contributed by atoms with Crippen LogP contribution in [0.3, 0.4) is 0 Å². The Morgan fingerprint density at radius 3 is 2.83 bits per heavy atom. The van der Waals surface area contributed by atoms with Crippen LogP contribution in [0.1, 0.15) is 37.7 Å². The molecule has 4 heteroatoms. The summed E-state index contributed by atoms with van der Waals surface area (Å²) in [4.78, 5) is 3.27. The molecule has 2 aromatic heterocycles. The van der Waals surface area contributed by atoms with Crippen molar-refractivity contribution < 1.29 is 13.9 Å². The lowest BCUT2D eigenvalue weighted by atomic mass is 9.93. The van der Waals surface area contributed by atoms with Gasteiger partial charge >= 0.3 is 0 Å². The molecule has 0 amide bonds. The summed E-state index contributed by atoms with van der Waals surface area (Å²) in [6, 6.07) is 8.24. The monoisotopic (exact) mass is 311 g/mol. The van der Waals surface area contributed by atoms with E-state index in [0.717, 1.165) is 34.9 Å². The number of aromatic amines is 1. The van der Waals surface area contributed by atoms with Crippen LogP contribution in [0.5, 0.6) is 0 Å². The first-order chi connectivity index (χ1) is 11.1. The lowest BCUT2D eigenvalue weighted by molar-refractivity contribution is 0.367. The van der Waals surface area contributed by atoms with Crippen molar-refractivity contribution in [2.75, 3.05) is 0 Å². The molecule has 1 aliphatic rings. The summed E-state index contributed by atoms with van der Waals surface area (Å²) in [5.41, 5.74) is 4.14. The summed E-state index contributed by atoms with van der Waals surface area (Å²) in [5.74, 6) is 1.21. The summed E-state index contributed by atoms with van der Waals surface area (Å²) in [5, 5.41) is 11.2. The second kappa shape index (κ2) is 5.30. The molecule has 0 bridgehead atoms. The molecule has 1 aliphatic carbocycles. The van der Waals surface area contributed by atoms with Gasteiger partial charge in [-0.25, -0.2) is 0 Å². The maximum atomic E-state index is 13.3. The third kappa shape index (κ3) is 2.54. The van der Waals surface area contributed by atoms with Crippen LogP contribution >= 0.6 is 0 Å². The first kappa shape index (κ1) is 14.1. The molecule has 2 heterocycles. The highest BCUT2D eigenvalue weighted by molar-refractivity contribution is 5.96. The zero-order chi connectivity index (χ0) is 16.0. The molecule has 3 aromatic rings. The van der Waals surface area contributed by atoms with Gasteiger partial charge in [-0.05, 0) is 42.0 Å². The number of hydrogen-bond acceptors (Lipinski definition) is 2. The highest BCUT2D eigenvalue weighted by Gasteiger charge is 2.22. The number of fused-ring (bicyclic) bond motifs is 1. The van der Waals surface area contributed by atoms with E-state index in [2.05, 4.69) is 11.9 Å². The van der Waals surface area contributed by atoms with Gasteiger partial charge in [0.1, 0.15) is 5.76 Å². The van der Waals surface area contributed by atoms with Gasteiger partial charge < -0.3 is 14.5 Å². The minimum absolute atomic E-state index is 0.165. The number of furan rings is 1. The SMILES string of the molecule is CC(CC(O)=C1CC1)c1c[nH]c2cccc(-c3ccc(F)o3)c12. The molecule has 2 N–H and O–H groups in total. The molecule has 118 valence electrons. The van der Waals surface area contributed by atoms with Crippen LogP contribution in [-0.2, 0) is 0 Å². The minimum Gasteiger partial charge on any atom is -0.512 e. The zero-order valence-electron chi connectivity index (χ0n) is 12.9. The Hall–Kier alpha value is -2.49. The second-order valence-corrected chi connectivity index (χ2v) is 6.23. The van der Waals surface area contributed by atoms with Gasteiger partial charge in [0, 0.05) is 35.2 Å². The van der Waals surface area contributed by atoms with Crippen molar-refractivity contribution in [1.29, 1.82) is 0 Å². The molecule has 1 unspecified atom stereocenters. The van der Waals surface area contributed by atoms with Crippen molar-refractivity contribution in [1.82, 2.24) is 4.98 Å². The largest absolute Gasteiger partial charge is 0.512 e. The lowest BCUT2D eigenvalue weighted by Gasteiger charge is -2.12. The van der Waals surface area contributed by atoms with Crippen molar-refractivity contribution in [3.05, 3.63) is 59.4 Å². The number of allylic oxidation sites excluding steroid dienone is 2. The molecule has 0 saturated heterocycles. The Balaban J connectivity index is 1.79. The summed E-state index contributed by atoms with van der Waals surface area (Å²) in [6.07, 6.45) is 4.64. The fraction of sp³-hybridized carbons (Fsp3) is 0.263. The fourth-order valence-electron chi connectivity index (χ4n) is 3.16. The van der Waals surface area contributed by atoms with Crippen LogP contribution in [0.4, 0.5) is 4.39 Å². The summed E-state index contributed by atoms with van der Waals surface area (Å²) >= 11 is 0. The van der Waals surface area contributed by atoms with Gasteiger partial charge in [-0.1, -0.05) is 19.1 Å². The molecule has 23 heavy (non-hydrogen) atoms. The summed E-state index contributed by atoms with van der Waals surface area (Å²) < 4.78 is 18.4.